The van der Waals surface area contributed by atoms with Gasteiger partial charge in [-0.3, -0.25) is 0 Å². The van der Waals surface area contributed by atoms with E-state index in [1.807, 2.05) is 13.0 Å². The number of ether oxygens (including phenoxy) is 1. The Labute approximate surface area is 88.1 Å². The zero-order chi connectivity index (χ0) is 10.6. The maximum atomic E-state index is 11.4. The summed E-state index contributed by atoms with van der Waals surface area (Å²) in [5, 5.41) is 0.407. The van der Waals surface area contributed by atoms with Crippen LogP contribution in [0.5, 0.6) is 0 Å². The molecule has 0 fully saturated rings. The predicted molar refractivity (Wildman–Crippen MR) is 56.7 cm³/mol. The Morgan fingerprint density at radius 2 is 2.36 bits per heavy atom. The highest BCUT2D eigenvalue weighted by molar-refractivity contribution is 6.33. The largest absolute Gasteiger partial charge is 0.458 e. The van der Waals surface area contributed by atoms with Crippen molar-refractivity contribution in [3.63, 3.8) is 0 Å². The summed E-state index contributed by atoms with van der Waals surface area (Å²) in [6.45, 7) is 5.54. The lowest BCUT2D eigenvalue weighted by atomic mass is 10.1. The van der Waals surface area contributed by atoms with Gasteiger partial charge >= 0.3 is 5.97 Å². The molecule has 0 saturated carbocycles. The van der Waals surface area contributed by atoms with Gasteiger partial charge in [-0.15, -0.1) is 0 Å². The molecule has 1 rings (SSSR count). The molecule has 0 radical (unpaired) electrons. The van der Waals surface area contributed by atoms with E-state index in [4.69, 9.17) is 16.3 Å². The fourth-order valence-corrected chi connectivity index (χ4v) is 1.20. The fourth-order valence-electron chi connectivity index (χ4n) is 1.01. The van der Waals surface area contributed by atoms with Crippen LogP contribution in [0.25, 0.3) is 0 Å². The lowest BCUT2D eigenvalue weighted by Crippen LogP contribution is -2.05. The van der Waals surface area contributed by atoms with E-state index in [9.17, 15) is 4.79 Å². The first-order valence-electron chi connectivity index (χ1n) is 4.19. The van der Waals surface area contributed by atoms with Crippen LogP contribution >= 0.6 is 11.6 Å². The van der Waals surface area contributed by atoms with Crippen LogP contribution in [0.1, 0.15) is 15.9 Å². The zero-order valence-electron chi connectivity index (χ0n) is 7.92. The van der Waals surface area contributed by atoms with Crippen molar-refractivity contribution in [2.24, 2.45) is 0 Å². The first-order valence-corrected chi connectivity index (χ1v) is 4.57. The summed E-state index contributed by atoms with van der Waals surface area (Å²) < 4.78 is 4.87. The third-order valence-corrected chi connectivity index (χ3v) is 2.00. The molecule has 1 aromatic rings. The molecular weight excluding hydrogens is 200 g/mol. The van der Waals surface area contributed by atoms with Gasteiger partial charge in [-0.2, -0.15) is 0 Å². The molecule has 0 heterocycles. The number of hydrogen-bond donors (Lipinski definition) is 0. The second-order valence-electron chi connectivity index (χ2n) is 2.87. The van der Waals surface area contributed by atoms with E-state index < -0.39 is 5.97 Å². The number of hydrogen-bond acceptors (Lipinski definition) is 2. The summed E-state index contributed by atoms with van der Waals surface area (Å²) in [6.07, 6.45) is 1.52. The minimum atomic E-state index is -0.418. The summed E-state index contributed by atoms with van der Waals surface area (Å²) in [7, 11) is 0. The van der Waals surface area contributed by atoms with Gasteiger partial charge in [0.2, 0.25) is 0 Å². The molecule has 0 aromatic heterocycles. The van der Waals surface area contributed by atoms with Crippen molar-refractivity contribution < 1.29 is 9.53 Å². The maximum Gasteiger partial charge on any atom is 0.339 e. The predicted octanol–water partition coefficient (Wildman–Crippen LogP) is 2.99. The molecule has 0 bridgehead atoms. The highest BCUT2D eigenvalue weighted by Crippen LogP contribution is 2.18. The quantitative estimate of drug-likeness (QED) is 0.566. The first-order chi connectivity index (χ1) is 6.65. The molecular formula is C11H11ClO2. The number of carbonyl (C=O) groups excluding carboxylic acids is 1. The molecule has 0 aliphatic heterocycles. The lowest BCUT2D eigenvalue weighted by Gasteiger charge is -2.04. The van der Waals surface area contributed by atoms with Gasteiger partial charge in [0.15, 0.2) is 0 Å². The maximum absolute atomic E-state index is 11.4. The van der Waals surface area contributed by atoms with Crippen molar-refractivity contribution in [1.29, 1.82) is 0 Å². The van der Waals surface area contributed by atoms with Crippen molar-refractivity contribution in [3.05, 3.63) is 47.0 Å². The number of carbonyl (C=O) groups is 1. The van der Waals surface area contributed by atoms with E-state index >= 15 is 0 Å². The Morgan fingerprint density at radius 1 is 1.64 bits per heavy atom. The summed E-state index contributed by atoms with van der Waals surface area (Å²) in [4.78, 5) is 11.4. The molecule has 0 aliphatic rings. The Morgan fingerprint density at radius 3 is 3.00 bits per heavy atom. The topological polar surface area (TPSA) is 26.3 Å². The van der Waals surface area contributed by atoms with Crippen molar-refractivity contribution in [3.8, 4) is 0 Å². The first kappa shape index (κ1) is 10.8. The number of aryl methyl sites for hydroxylation is 1. The fraction of sp³-hybridized carbons (Fsp3) is 0.182. The molecule has 1 aromatic carbocycles. The van der Waals surface area contributed by atoms with Crippen LogP contribution in [0.3, 0.4) is 0 Å². The number of benzene rings is 1. The minimum absolute atomic E-state index is 0.198. The molecule has 0 aliphatic carbocycles. The summed E-state index contributed by atoms with van der Waals surface area (Å²) >= 11 is 5.84. The van der Waals surface area contributed by atoms with Gasteiger partial charge in [0, 0.05) is 0 Å². The molecule has 0 N–H and O–H groups in total. The van der Waals surface area contributed by atoms with Gasteiger partial charge in [-0.1, -0.05) is 35.9 Å². The molecule has 14 heavy (non-hydrogen) atoms. The molecule has 0 unspecified atom stereocenters. The zero-order valence-corrected chi connectivity index (χ0v) is 8.67. The smallest absolute Gasteiger partial charge is 0.339 e. The van der Waals surface area contributed by atoms with Crippen LogP contribution in [0, 0.1) is 6.92 Å². The van der Waals surface area contributed by atoms with Crippen LogP contribution in [0.2, 0.25) is 5.02 Å². The Balaban J connectivity index is 2.88. The number of halogens is 1. The van der Waals surface area contributed by atoms with Crippen LogP contribution in [-0.4, -0.2) is 12.6 Å². The average Bonchev–Trinajstić information content (AvgIpc) is 2.18. The molecule has 2 nitrogen and oxygen atoms in total. The average molecular weight is 211 g/mol. The van der Waals surface area contributed by atoms with Gasteiger partial charge < -0.3 is 4.74 Å². The van der Waals surface area contributed by atoms with Crippen molar-refractivity contribution in [2.45, 2.75) is 6.92 Å². The van der Waals surface area contributed by atoms with E-state index in [0.29, 0.717) is 10.6 Å². The molecule has 0 atom stereocenters. The highest BCUT2D eigenvalue weighted by atomic mass is 35.5. The normalized spacial score (nSPS) is 9.57. The van der Waals surface area contributed by atoms with Crippen molar-refractivity contribution >= 4 is 17.6 Å². The highest BCUT2D eigenvalue weighted by Gasteiger charge is 2.10. The van der Waals surface area contributed by atoms with Crippen LogP contribution in [0.15, 0.2) is 30.9 Å². The van der Waals surface area contributed by atoms with Gasteiger partial charge in [-0.25, -0.2) is 4.79 Å². The van der Waals surface area contributed by atoms with Gasteiger partial charge in [0.25, 0.3) is 0 Å². The molecule has 0 amide bonds. The van der Waals surface area contributed by atoms with Crippen molar-refractivity contribution in [1.82, 2.24) is 0 Å². The van der Waals surface area contributed by atoms with Crippen LogP contribution < -0.4 is 0 Å². The third-order valence-electron chi connectivity index (χ3n) is 1.67. The lowest BCUT2D eigenvalue weighted by molar-refractivity contribution is 0.0550. The van der Waals surface area contributed by atoms with E-state index in [1.54, 1.807) is 12.1 Å². The standard InChI is InChI=1S/C11H11ClO2/c1-3-6-14-11(13)9-7-8(2)4-5-10(9)12/h3-5,7H,1,6H2,2H3. The van der Waals surface area contributed by atoms with E-state index in [1.165, 1.54) is 6.08 Å². The minimum Gasteiger partial charge on any atom is -0.458 e. The van der Waals surface area contributed by atoms with E-state index in [2.05, 4.69) is 6.58 Å². The number of esters is 1. The van der Waals surface area contributed by atoms with Gasteiger partial charge in [-0.05, 0) is 19.1 Å². The molecule has 74 valence electrons. The summed E-state index contributed by atoms with van der Waals surface area (Å²) in [6, 6.07) is 5.22. The molecule has 0 spiro atoms. The summed E-state index contributed by atoms with van der Waals surface area (Å²) in [5.74, 6) is -0.418. The SMILES string of the molecule is C=CCOC(=O)c1cc(C)ccc1Cl. The third kappa shape index (κ3) is 2.60. The Bertz CT molecular complexity index is 358. The van der Waals surface area contributed by atoms with Gasteiger partial charge in [0.1, 0.15) is 6.61 Å². The summed E-state index contributed by atoms with van der Waals surface area (Å²) in [5.41, 5.74) is 1.37. The second-order valence-corrected chi connectivity index (χ2v) is 3.28. The van der Waals surface area contributed by atoms with E-state index in [-0.39, 0.29) is 6.61 Å². The van der Waals surface area contributed by atoms with Crippen LogP contribution in [-0.2, 0) is 4.74 Å². The molecule has 3 heteroatoms. The number of rotatable bonds is 3. The van der Waals surface area contributed by atoms with Crippen LogP contribution in [0.4, 0.5) is 0 Å². The van der Waals surface area contributed by atoms with Gasteiger partial charge in [0.05, 0.1) is 10.6 Å². The van der Waals surface area contributed by atoms with E-state index in [0.717, 1.165) is 5.56 Å². The second kappa shape index (κ2) is 4.82. The molecule has 0 saturated heterocycles. The Kier molecular flexibility index (Phi) is 3.72. The van der Waals surface area contributed by atoms with Crippen molar-refractivity contribution in [2.75, 3.05) is 6.61 Å². The monoisotopic (exact) mass is 210 g/mol. The Hall–Kier alpha value is -1.28.